The Hall–Kier alpha value is -3.24. The van der Waals surface area contributed by atoms with Crippen molar-refractivity contribution in [2.75, 3.05) is 0 Å². The molecule has 0 unspecified atom stereocenters. The van der Waals surface area contributed by atoms with E-state index >= 15 is 0 Å². The van der Waals surface area contributed by atoms with Gasteiger partial charge in [0, 0.05) is 29.0 Å². The first kappa shape index (κ1) is 21.5. The number of ketones is 1. The topological polar surface area (TPSA) is 96.4 Å². The number of aryl methyl sites for hydroxylation is 1. The van der Waals surface area contributed by atoms with Gasteiger partial charge in [0.15, 0.2) is 0 Å². The lowest BCUT2D eigenvalue weighted by molar-refractivity contribution is -0.385. The highest BCUT2D eigenvalue weighted by Gasteiger charge is 2.38. The number of carbonyl (C=O) groups excluding carboxylic acids is 1. The number of thioether (sulfide) groups is 1. The normalized spacial score (nSPS) is 18.5. The predicted octanol–water partition coefficient (Wildman–Crippen LogP) is 5.34. The molecule has 0 spiro atoms. The number of hydrogen-bond donors (Lipinski definition) is 0. The molecule has 152 valence electrons. The van der Waals surface area contributed by atoms with Crippen molar-refractivity contribution >= 4 is 28.9 Å². The van der Waals surface area contributed by atoms with E-state index in [9.17, 15) is 20.2 Å². The molecule has 2 aromatic rings. The molecule has 0 N–H and O–H groups in total. The van der Waals surface area contributed by atoms with Crippen molar-refractivity contribution in [3.8, 4) is 6.07 Å². The van der Waals surface area contributed by atoms with E-state index in [1.54, 1.807) is 25.1 Å². The molecule has 30 heavy (non-hydrogen) atoms. The molecule has 0 amide bonds. The van der Waals surface area contributed by atoms with Gasteiger partial charge in [-0.1, -0.05) is 42.5 Å². The van der Waals surface area contributed by atoms with Crippen LogP contribution in [0.2, 0.25) is 0 Å². The van der Waals surface area contributed by atoms with Crippen LogP contribution >= 0.6 is 11.8 Å². The number of nitro groups is 1. The van der Waals surface area contributed by atoms with Gasteiger partial charge < -0.3 is 0 Å². The van der Waals surface area contributed by atoms with Crippen LogP contribution < -0.4 is 0 Å². The number of hydrogen-bond acceptors (Lipinski definition) is 6. The van der Waals surface area contributed by atoms with Gasteiger partial charge in [0.25, 0.3) is 5.69 Å². The smallest absolute Gasteiger partial charge is 0.273 e. The minimum atomic E-state index is -0.504. The predicted molar refractivity (Wildman–Crippen MR) is 118 cm³/mol. The Morgan fingerprint density at radius 3 is 2.50 bits per heavy atom. The van der Waals surface area contributed by atoms with E-state index in [0.717, 1.165) is 11.1 Å². The Balaban J connectivity index is 2.06. The molecule has 2 atom stereocenters. The number of Topliss-reactive ketones (excluding diaryl/α,β-unsaturated/α-hetero) is 1. The molecular formula is C23H21N3O3S. The van der Waals surface area contributed by atoms with Crippen molar-refractivity contribution in [1.82, 2.24) is 0 Å². The highest BCUT2D eigenvalue weighted by Crippen LogP contribution is 2.44. The van der Waals surface area contributed by atoms with E-state index in [1.165, 1.54) is 24.8 Å². The summed E-state index contributed by atoms with van der Waals surface area (Å²) in [5.74, 6) is -0.657. The second-order valence-corrected chi connectivity index (χ2v) is 8.14. The van der Waals surface area contributed by atoms with Crippen LogP contribution in [0.5, 0.6) is 0 Å². The number of rotatable bonds is 6. The Morgan fingerprint density at radius 2 is 1.87 bits per heavy atom. The summed E-state index contributed by atoms with van der Waals surface area (Å²) in [6.45, 7) is 5.29. The molecule has 0 fully saturated rings. The fraction of sp³-hybridized carbons (Fsp3) is 0.261. The summed E-state index contributed by atoms with van der Waals surface area (Å²) in [4.78, 5) is 27.9. The summed E-state index contributed by atoms with van der Waals surface area (Å²) in [5.41, 5.74) is 3.61. The quantitative estimate of drug-likeness (QED) is 0.465. The van der Waals surface area contributed by atoms with Crippen LogP contribution in [-0.2, 0) is 10.5 Å². The number of aliphatic imine (C=N–C) groups is 1. The molecule has 6 nitrogen and oxygen atoms in total. The van der Waals surface area contributed by atoms with Gasteiger partial charge in [0.2, 0.25) is 0 Å². The van der Waals surface area contributed by atoms with Crippen molar-refractivity contribution < 1.29 is 9.72 Å². The average molecular weight is 420 g/mol. The second kappa shape index (κ2) is 9.06. The van der Waals surface area contributed by atoms with Gasteiger partial charge in [-0.05, 0) is 31.9 Å². The number of nitriles is 1. The zero-order valence-electron chi connectivity index (χ0n) is 17.0. The molecular weight excluding hydrogens is 398 g/mol. The van der Waals surface area contributed by atoms with Gasteiger partial charge in [0.05, 0.1) is 22.5 Å². The monoisotopic (exact) mass is 419 g/mol. The number of nitro benzene ring substituents is 1. The van der Waals surface area contributed by atoms with Gasteiger partial charge in [0.1, 0.15) is 10.8 Å². The standard InChI is InChI=1S/C23H21N3O3S/c1-14-8-4-6-10-18(14)22-19(12-24)23(25-15(2)21(22)16(3)27)30-13-17-9-5-7-11-20(17)26(28)29/h4-11,21-22H,13H2,1-3H3/t21-,22+/m0/s1. The van der Waals surface area contributed by atoms with Gasteiger partial charge in [-0.25, -0.2) is 4.99 Å². The fourth-order valence-corrected chi connectivity index (χ4v) is 4.89. The summed E-state index contributed by atoms with van der Waals surface area (Å²) < 4.78 is 0. The van der Waals surface area contributed by atoms with E-state index < -0.39 is 16.8 Å². The van der Waals surface area contributed by atoms with Crippen LogP contribution in [0.3, 0.4) is 0 Å². The largest absolute Gasteiger partial charge is 0.299 e. The second-order valence-electron chi connectivity index (χ2n) is 7.18. The number of nitrogens with zero attached hydrogens (tertiary/aromatic N) is 3. The molecule has 7 heteroatoms. The van der Waals surface area contributed by atoms with Crippen LogP contribution in [0.15, 0.2) is 64.1 Å². The van der Waals surface area contributed by atoms with E-state index in [-0.39, 0.29) is 11.5 Å². The maximum absolute atomic E-state index is 12.5. The number of para-hydroxylation sites is 1. The van der Waals surface area contributed by atoms with Gasteiger partial charge in [-0.3, -0.25) is 14.9 Å². The molecule has 2 aromatic carbocycles. The van der Waals surface area contributed by atoms with Crippen molar-refractivity contribution in [2.24, 2.45) is 10.9 Å². The fourth-order valence-electron chi connectivity index (χ4n) is 3.82. The molecule has 0 saturated carbocycles. The van der Waals surface area contributed by atoms with Gasteiger partial charge in [-0.15, -0.1) is 11.8 Å². The van der Waals surface area contributed by atoms with Gasteiger partial charge in [-0.2, -0.15) is 5.26 Å². The van der Waals surface area contributed by atoms with Crippen LogP contribution in [0.1, 0.15) is 36.5 Å². The van der Waals surface area contributed by atoms with Crippen LogP contribution in [0.25, 0.3) is 0 Å². The molecule has 1 aliphatic rings. The highest BCUT2D eigenvalue weighted by molar-refractivity contribution is 8.02. The Bertz CT molecular complexity index is 1110. The Morgan fingerprint density at radius 1 is 1.20 bits per heavy atom. The molecule has 1 heterocycles. The van der Waals surface area contributed by atoms with E-state index in [4.69, 9.17) is 0 Å². The highest BCUT2D eigenvalue weighted by atomic mass is 32.2. The molecule has 0 bridgehead atoms. The van der Waals surface area contributed by atoms with Crippen molar-refractivity contribution in [3.63, 3.8) is 0 Å². The lowest BCUT2D eigenvalue weighted by Crippen LogP contribution is -2.31. The SMILES string of the molecule is CC(=O)[C@@H]1C(C)=NC(SCc2ccccc2[N+](=O)[O-])=C(C#N)[C@H]1c1ccccc1C. The average Bonchev–Trinajstić information content (AvgIpc) is 2.71. The van der Waals surface area contributed by atoms with Crippen LogP contribution in [-0.4, -0.2) is 16.4 Å². The minimum Gasteiger partial charge on any atom is -0.299 e. The summed E-state index contributed by atoms with van der Waals surface area (Å²) in [7, 11) is 0. The zero-order chi connectivity index (χ0) is 21.8. The summed E-state index contributed by atoms with van der Waals surface area (Å²) in [6, 6.07) is 16.5. The third-order valence-electron chi connectivity index (χ3n) is 5.24. The van der Waals surface area contributed by atoms with E-state index in [2.05, 4.69) is 11.1 Å². The Kier molecular flexibility index (Phi) is 6.48. The van der Waals surface area contributed by atoms with Gasteiger partial charge >= 0.3 is 0 Å². The van der Waals surface area contributed by atoms with Crippen LogP contribution in [0, 0.1) is 34.3 Å². The first-order valence-electron chi connectivity index (χ1n) is 9.45. The first-order chi connectivity index (χ1) is 14.3. The first-order valence-corrected chi connectivity index (χ1v) is 10.4. The lowest BCUT2D eigenvalue weighted by atomic mass is 9.74. The molecule has 0 aromatic heterocycles. The van der Waals surface area contributed by atoms with Crippen molar-refractivity contribution in [3.05, 3.63) is 85.9 Å². The zero-order valence-corrected chi connectivity index (χ0v) is 17.8. The lowest BCUT2D eigenvalue weighted by Gasteiger charge is -2.31. The third-order valence-corrected chi connectivity index (χ3v) is 6.28. The maximum Gasteiger partial charge on any atom is 0.273 e. The molecule has 0 radical (unpaired) electrons. The van der Waals surface area contributed by atoms with Crippen LogP contribution in [0.4, 0.5) is 5.69 Å². The number of allylic oxidation sites excluding steroid dienone is 1. The summed E-state index contributed by atoms with van der Waals surface area (Å²) in [5, 5.41) is 21.8. The number of benzene rings is 2. The summed E-state index contributed by atoms with van der Waals surface area (Å²) >= 11 is 1.29. The molecule has 0 aliphatic carbocycles. The molecule has 0 saturated heterocycles. The number of carbonyl (C=O) groups is 1. The summed E-state index contributed by atoms with van der Waals surface area (Å²) in [6.07, 6.45) is 0. The third kappa shape index (κ3) is 4.19. The van der Waals surface area contributed by atoms with E-state index in [1.807, 2.05) is 31.2 Å². The van der Waals surface area contributed by atoms with Crippen molar-refractivity contribution in [1.29, 1.82) is 5.26 Å². The minimum absolute atomic E-state index is 0.0395. The molecule has 1 aliphatic heterocycles. The maximum atomic E-state index is 12.5. The van der Waals surface area contributed by atoms with E-state index in [0.29, 0.717) is 27.6 Å². The Labute approximate surface area is 179 Å². The van der Waals surface area contributed by atoms with Crippen molar-refractivity contribution in [2.45, 2.75) is 32.4 Å². The molecule has 3 rings (SSSR count).